The van der Waals surface area contributed by atoms with Crippen molar-refractivity contribution in [1.82, 2.24) is 4.90 Å². The van der Waals surface area contributed by atoms with Gasteiger partial charge in [0.2, 0.25) is 0 Å². The van der Waals surface area contributed by atoms with Crippen molar-refractivity contribution < 1.29 is 14.0 Å². The summed E-state index contributed by atoms with van der Waals surface area (Å²) in [6.45, 7) is 1.92. The van der Waals surface area contributed by atoms with Gasteiger partial charge in [-0.25, -0.2) is 0 Å². The minimum absolute atomic E-state index is 0.0346. The van der Waals surface area contributed by atoms with Gasteiger partial charge in [0.05, 0.1) is 11.4 Å². The van der Waals surface area contributed by atoms with Crippen LogP contribution in [0.2, 0.25) is 5.02 Å². The number of furan rings is 1. The van der Waals surface area contributed by atoms with E-state index in [-0.39, 0.29) is 11.8 Å². The molecule has 0 spiro atoms. The molecule has 1 saturated heterocycles. The van der Waals surface area contributed by atoms with Gasteiger partial charge in [-0.1, -0.05) is 23.6 Å². The molecule has 3 rings (SSSR count). The first-order valence-electron chi connectivity index (χ1n) is 7.05. The molecular weight excluding hydrogens is 346 g/mol. The second-order valence-corrected chi connectivity index (χ2v) is 6.56. The normalized spacial score (nSPS) is 16.0. The van der Waals surface area contributed by atoms with E-state index in [2.05, 4.69) is 5.92 Å². The van der Waals surface area contributed by atoms with Crippen LogP contribution in [0.1, 0.15) is 11.3 Å². The predicted octanol–water partition coefficient (Wildman–Crippen LogP) is 4.58. The van der Waals surface area contributed by atoms with Gasteiger partial charge in [0.1, 0.15) is 11.5 Å². The number of thioether (sulfide) groups is 1. The molecule has 0 radical (unpaired) electrons. The zero-order valence-electron chi connectivity index (χ0n) is 12.7. The third-order valence-corrected chi connectivity index (χ3v) is 4.63. The first-order valence-corrected chi connectivity index (χ1v) is 8.24. The van der Waals surface area contributed by atoms with Crippen LogP contribution in [0.5, 0.6) is 0 Å². The van der Waals surface area contributed by atoms with E-state index in [9.17, 15) is 9.59 Å². The Kier molecular flexibility index (Phi) is 4.52. The highest BCUT2D eigenvalue weighted by molar-refractivity contribution is 8.18. The fourth-order valence-electron chi connectivity index (χ4n) is 2.29. The van der Waals surface area contributed by atoms with Gasteiger partial charge in [-0.2, -0.15) is 0 Å². The molecule has 0 unspecified atom stereocenters. The van der Waals surface area contributed by atoms with Crippen molar-refractivity contribution in [1.29, 1.82) is 0 Å². The summed E-state index contributed by atoms with van der Waals surface area (Å²) in [5, 5.41) is 0.241. The second-order valence-electron chi connectivity index (χ2n) is 5.13. The Hall–Kier alpha value is -2.42. The standard InChI is InChI=1S/C18H12ClNO3S/c1-3-8-20-17(21)16(24-18(20)22)10-13-6-7-15(23-13)14-9-12(19)5-4-11(14)2/h1,4-7,9-10H,8H2,2H3/b16-10+. The molecule has 2 heterocycles. The van der Waals surface area contributed by atoms with E-state index in [1.54, 1.807) is 18.2 Å². The monoisotopic (exact) mass is 357 g/mol. The molecule has 2 aromatic rings. The number of hydrogen-bond donors (Lipinski definition) is 0. The highest BCUT2D eigenvalue weighted by atomic mass is 35.5. The Morgan fingerprint density at radius 3 is 2.88 bits per heavy atom. The van der Waals surface area contributed by atoms with Crippen molar-refractivity contribution in [2.75, 3.05) is 6.54 Å². The van der Waals surface area contributed by atoms with Gasteiger partial charge >= 0.3 is 0 Å². The maximum Gasteiger partial charge on any atom is 0.294 e. The lowest BCUT2D eigenvalue weighted by Crippen LogP contribution is -2.28. The summed E-state index contributed by atoms with van der Waals surface area (Å²) in [6.07, 6.45) is 6.72. The molecule has 0 saturated carbocycles. The van der Waals surface area contributed by atoms with Crippen LogP contribution in [0.25, 0.3) is 17.4 Å². The average molecular weight is 358 g/mol. The van der Waals surface area contributed by atoms with Crippen molar-refractivity contribution in [2.24, 2.45) is 0 Å². The summed E-state index contributed by atoms with van der Waals surface area (Å²) in [5.41, 5.74) is 1.90. The Morgan fingerprint density at radius 1 is 1.33 bits per heavy atom. The van der Waals surface area contributed by atoms with E-state index < -0.39 is 5.91 Å². The molecule has 1 fully saturated rings. The van der Waals surface area contributed by atoms with Crippen LogP contribution in [-0.2, 0) is 4.79 Å². The average Bonchev–Trinajstić information content (AvgIpc) is 3.11. The Morgan fingerprint density at radius 2 is 2.12 bits per heavy atom. The first kappa shape index (κ1) is 16.4. The minimum atomic E-state index is -0.403. The van der Waals surface area contributed by atoms with Crippen molar-refractivity contribution >= 4 is 40.6 Å². The summed E-state index contributed by atoms with van der Waals surface area (Å²) in [4.78, 5) is 25.2. The number of hydrogen-bond acceptors (Lipinski definition) is 4. The van der Waals surface area contributed by atoms with Crippen LogP contribution < -0.4 is 0 Å². The molecule has 0 N–H and O–H groups in total. The number of terminal acetylenes is 1. The SMILES string of the molecule is C#CCN1C(=O)S/C(=C/c2ccc(-c3cc(Cl)ccc3C)o2)C1=O. The Balaban J connectivity index is 1.89. The summed E-state index contributed by atoms with van der Waals surface area (Å²) in [6, 6.07) is 9.08. The Labute approximate surface area is 148 Å². The third-order valence-electron chi connectivity index (χ3n) is 3.49. The molecule has 0 bridgehead atoms. The van der Waals surface area contributed by atoms with Gasteiger partial charge in [-0.3, -0.25) is 14.5 Å². The van der Waals surface area contributed by atoms with Crippen LogP contribution in [0.4, 0.5) is 4.79 Å². The molecule has 0 atom stereocenters. The Bertz CT molecular complexity index is 907. The van der Waals surface area contributed by atoms with E-state index in [0.29, 0.717) is 21.4 Å². The molecule has 0 aliphatic carbocycles. The van der Waals surface area contributed by atoms with Gasteiger partial charge in [0, 0.05) is 16.7 Å². The smallest absolute Gasteiger partial charge is 0.294 e. The molecule has 6 heteroatoms. The third kappa shape index (κ3) is 3.12. The lowest BCUT2D eigenvalue weighted by atomic mass is 10.1. The summed E-state index contributed by atoms with van der Waals surface area (Å²) in [5.74, 6) is 3.02. The highest BCUT2D eigenvalue weighted by Crippen LogP contribution is 2.34. The maximum absolute atomic E-state index is 12.1. The second kappa shape index (κ2) is 6.60. The molecule has 2 amide bonds. The largest absolute Gasteiger partial charge is 0.457 e. The number of imide groups is 1. The highest BCUT2D eigenvalue weighted by Gasteiger charge is 2.34. The minimum Gasteiger partial charge on any atom is -0.457 e. The summed E-state index contributed by atoms with van der Waals surface area (Å²) >= 11 is 6.88. The summed E-state index contributed by atoms with van der Waals surface area (Å²) in [7, 11) is 0. The van der Waals surface area contributed by atoms with Gasteiger partial charge in [-0.15, -0.1) is 6.42 Å². The van der Waals surface area contributed by atoms with Crippen LogP contribution in [0.15, 0.2) is 39.7 Å². The van der Waals surface area contributed by atoms with Crippen LogP contribution in [-0.4, -0.2) is 22.6 Å². The number of rotatable bonds is 3. The van der Waals surface area contributed by atoms with Gasteiger partial charge in [0.15, 0.2) is 0 Å². The number of nitrogens with zero attached hydrogens (tertiary/aromatic N) is 1. The molecule has 4 nitrogen and oxygen atoms in total. The zero-order valence-corrected chi connectivity index (χ0v) is 14.3. The van der Waals surface area contributed by atoms with Crippen molar-refractivity contribution in [3.63, 3.8) is 0 Å². The quantitative estimate of drug-likeness (QED) is 0.596. The number of amides is 2. The topological polar surface area (TPSA) is 50.5 Å². The number of benzene rings is 1. The first-order chi connectivity index (χ1) is 11.5. The van der Waals surface area contributed by atoms with E-state index in [1.807, 2.05) is 25.1 Å². The van der Waals surface area contributed by atoms with Crippen molar-refractivity contribution in [3.8, 4) is 23.7 Å². The fraction of sp³-hybridized carbons (Fsp3) is 0.111. The van der Waals surface area contributed by atoms with Crippen LogP contribution in [0.3, 0.4) is 0 Å². The molecule has 1 aromatic heterocycles. The molecule has 1 aliphatic heterocycles. The molecule has 120 valence electrons. The lowest BCUT2D eigenvalue weighted by molar-refractivity contribution is -0.122. The fourth-order valence-corrected chi connectivity index (χ4v) is 3.28. The van der Waals surface area contributed by atoms with Gasteiger partial charge in [0.25, 0.3) is 11.1 Å². The number of carbonyl (C=O) groups excluding carboxylic acids is 2. The van der Waals surface area contributed by atoms with Gasteiger partial charge < -0.3 is 4.42 Å². The number of halogens is 1. The van der Waals surface area contributed by atoms with Crippen LogP contribution in [0, 0.1) is 19.3 Å². The number of aryl methyl sites for hydroxylation is 1. The molecule has 1 aliphatic rings. The van der Waals surface area contributed by atoms with Crippen LogP contribution >= 0.6 is 23.4 Å². The lowest BCUT2D eigenvalue weighted by Gasteiger charge is -2.06. The molecule has 1 aromatic carbocycles. The summed E-state index contributed by atoms with van der Waals surface area (Å²) < 4.78 is 5.78. The predicted molar refractivity (Wildman–Crippen MR) is 95.4 cm³/mol. The van der Waals surface area contributed by atoms with Gasteiger partial charge in [-0.05, 0) is 48.5 Å². The van der Waals surface area contributed by atoms with E-state index in [1.165, 1.54) is 0 Å². The van der Waals surface area contributed by atoms with Crippen molar-refractivity contribution in [2.45, 2.75) is 6.92 Å². The van der Waals surface area contributed by atoms with Crippen molar-refractivity contribution in [3.05, 3.63) is 51.6 Å². The number of carbonyl (C=O) groups is 2. The molecule has 24 heavy (non-hydrogen) atoms. The zero-order chi connectivity index (χ0) is 17.3. The van der Waals surface area contributed by atoms with E-state index in [0.717, 1.165) is 27.8 Å². The van der Waals surface area contributed by atoms with E-state index in [4.69, 9.17) is 22.4 Å². The maximum atomic E-state index is 12.1. The molecular formula is C18H12ClNO3S. The van der Waals surface area contributed by atoms with E-state index >= 15 is 0 Å².